The molecule has 0 amide bonds. The topological polar surface area (TPSA) is 74.2 Å². The van der Waals surface area contributed by atoms with E-state index < -0.39 is 11.6 Å². The van der Waals surface area contributed by atoms with Crippen molar-refractivity contribution in [3.63, 3.8) is 0 Å². The number of aliphatic carboxylic acids is 1. The Morgan fingerprint density at radius 1 is 1.03 bits per heavy atom. The lowest BCUT2D eigenvalue weighted by Gasteiger charge is -2.34. The first-order valence-electron chi connectivity index (χ1n) is 11.4. The quantitative estimate of drug-likeness (QED) is 0.313. The third kappa shape index (κ3) is 5.98. The van der Waals surface area contributed by atoms with Crippen molar-refractivity contribution in [3.8, 4) is 28.7 Å². The van der Waals surface area contributed by atoms with Crippen LogP contribution in [-0.2, 0) is 11.2 Å². The zero-order chi connectivity index (χ0) is 24.8. The zero-order valence-electron chi connectivity index (χ0n) is 19.3. The van der Waals surface area contributed by atoms with E-state index in [1.807, 2.05) is 19.1 Å². The number of fused-ring (bicyclic) bond motifs is 1. The molecular weight excluding hydrogens is 475 g/mol. The van der Waals surface area contributed by atoms with E-state index in [9.17, 15) is 14.3 Å². The van der Waals surface area contributed by atoms with Crippen LogP contribution in [0.1, 0.15) is 31.7 Å². The fourth-order valence-corrected chi connectivity index (χ4v) is 4.03. The first-order valence-corrected chi connectivity index (χ1v) is 11.8. The van der Waals surface area contributed by atoms with E-state index in [0.717, 1.165) is 5.56 Å². The molecule has 0 aromatic heterocycles. The van der Waals surface area contributed by atoms with Gasteiger partial charge in [0.25, 0.3) is 0 Å². The molecule has 3 aromatic carbocycles. The van der Waals surface area contributed by atoms with Crippen molar-refractivity contribution in [2.24, 2.45) is 0 Å². The standard InChI is InChI=1S/C27H26ClFO6/c1-2-27(26(30)31)13-12-18-4-7-21(17-25(18)35-27)32-14-3-15-33-24-11-10-22(16-23(24)28)34-20-8-5-19(29)6-9-20/h4-11,16-17H,2-3,12-15H2,1H3,(H,30,31)/t27-/m0/s1. The smallest absolute Gasteiger partial charge is 0.348 e. The van der Waals surface area contributed by atoms with Gasteiger partial charge in [0.2, 0.25) is 5.60 Å². The van der Waals surface area contributed by atoms with E-state index in [4.69, 9.17) is 30.5 Å². The fourth-order valence-electron chi connectivity index (χ4n) is 3.81. The molecule has 0 aliphatic carbocycles. The van der Waals surface area contributed by atoms with Gasteiger partial charge in [0.05, 0.1) is 18.2 Å². The molecule has 184 valence electrons. The average molecular weight is 501 g/mol. The number of hydrogen-bond acceptors (Lipinski definition) is 5. The van der Waals surface area contributed by atoms with Gasteiger partial charge in [-0.2, -0.15) is 0 Å². The molecule has 0 bridgehead atoms. The highest BCUT2D eigenvalue weighted by atomic mass is 35.5. The van der Waals surface area contributed by atoms with Crippen LogP contribution in [0.5, 0.6) is 28.7 Å². The predicted molar refractivity (Wildman–Crippen MR) is 130 cm³/mol. The Bertz CT molecular complexity index is 1180. The summed E-state index contributed by atoms with van der Waals surface area (Å²) in [6.45, 7) is 2.61. The molecule has 1 aliphatic rings. The van der Waals surface area contributed by atoms with Crippen molar-refractivity contribution < 1.29 is 33.2 Å². The van der Waals surface area contributed by atoms with Crippen LogP contribution < -0.4 is 18.9 Å². The van der Waals surface area contributed by atoms with Crippen LogP contribution in [-0.4, -0.2) is 29.9 Å². The van der Waals surface area contributed by atoms with Crippen LogP contribution in [0.15, 0.2) is 60.7 Å². The van der Waals surface area contributed by atoms with Crippen molar-refractivity contribution in [1.29, 1.82) is 0 Å². The molecule has 1 aliphatic heterocycles. The summed E-state index contributed by atoms with van der Waals surface area (Å²) in [6, 6.07) is 16.3. The van der Waals surface area contributed by atoms with Crippen molar-refractivity contribution in [1.82, 2.24) is 0 Å². The Labute approximate surface area is 208 Å². The van der Waals surface area contributed by atoms with Gasteiger partial charge in [0.1, 0.15) is 34.6 Å². The number of rotatable bonds is 10. The minimum Gasteiger partial charge on any atom is -0.493 e. The molecule has 1 atom stereocenters. The fraction of sp³-hybridized carbons (Fsp3) is 0.296. The van der Waals surface area contributed by atoms with E-state index in [-0.39, 0.29) is 5.82 Å². The maximum Gasteiger partial charge on any atom is 0.348 e. The van der Waals surface area contributed by atoms with Gasteiger partial charge in [-0.05, 0) is 60.9 Å². The minimum absolute atomic E-state index is 0.334. The van der Waals surface area contributed by atoms with Gasteiger partial charge in [0.15, 0.2) is 0 Å². The first-order chi connectivity index (χ1) is 16.9. The molecule has 8 heteroatoms. The normalized spacial score (nSPS) is 16.7. The minimum atomic E-state index is -1.18. The number of ether oxygens (including phenoxy) is 4. The number of halogens is 2. The molecule has 0 spiro atoms. The molecule has 3 aromatic rings. The molecule has 0 saturated carbocycles. The Morgan fingerprint density at radius 2 is 1.74 bits per heavy atom. The SMILES string of the molecule is CC[C@@]1(C(=O)O)CCc2ccc(OCCCOc3ccc(Oc4ccc(F)cc4)cc3Cl)cc2O1. The van der Waals surface area contributed by atoms with Gasteiger partial charge in [-0.25, -0.2) is 9.18 Å². The van der Waals surface area contributed by atoms with Gasteiger partial charge in [-0.1, -0.05) is 24.6 Å². The molecule has 0 unspecified atom stereocenters. The van der Waals surface area contributed by atoms with Crippen LogP contribution in [0, 0.1) is 5.82 Å². The van der Waals surface area contributed by atoms with E-state index in [0.29, 0.717) is 72.7 Å². The number of hydrogen-bond donors (Lipinski definition) is 1. The average Bonchev–Trinajstić information content (AvgIpc) is 2.85. The Hall–Kier alpha value is -3.45. The molecule has 0 fully saturated rings. The lowest BCUT2D eigenvalue weighted by Crippen LogP contribution is -2.46. The van der Waals surface area contributed by atoms with Crippen LogP contribution in [0.4, 0.5) is 4.39 Å². The van der Waals surface area contributed by atoms with Crippen LogP contribution >= 0.6 is 11.6 Å². The number of carbonyl (C=O) groups is 1. The maximum atomic E-state index is 13.0. The molecule has 4 rings (SSSR count). The second kappa shape index (κ2) is 10.9. The van der Waals surface area contributed by atoms with Crippen molar-refractivity contribution in [3.05, 3.63) is 77.1 Å². The van der Waals surface area contributed by atoms with Gasteiger partial charge in [0, 0.05) is 25.0 Å². The molecule has 6 nitrogen and oxygen atoms in total. The second-order valence-electron chi connectivity index (χ2n) is 8.22. The number of aryl methyl sites for hydroxylation is 1. The third-order valence-electron chi connectivity index (χ3n) is 5.87. The second-order valence-corrected chi connectivity index (χ2v) is 8.63. The van der Waals surface area contributed by atoms with Gasteiger partial charge >= 0.3 is 5.97 Å². The molecule has 0 saturated heterocycles. The van der Waals surface area contributed by atoms with Crippen molar-refractivity contribution in [2.45, 2.75) is 38.2 Å². The molecule has 1 N–H and O–H groups in total. The van der Waals surface area contributed by atoms with Crippen molar-refractivity contribution >= 4 is 17.6 Å². The van der Waals surface area contributed by atoms with Crippen molar-refractivity contribution in [2.75, 3.05) is 13.2 Å². The monoisotopic (exact) mass is 500 g/mol. The zero-order valence-corrected chi connectivity index (χ0v) is 20.0. The molecular formula is C27H26ClFO6. The summed E-state index contributed by atoms with van der Waals surface area (Å²) in [6.07, 6.45) is 2.10. The summed E-state index contributed by atoms with van der Waals surface area (Å²) in [5.41, 5.74) is -0.203. The third-order valence-corrected chi connectivity index (χ3v) is 6.17. The van der Waals surface area contributed by atoms with E-state index in [2.05, 4.69) is 0 Å². The number of carboxylic acid groups (broad SMARTS) is 1. The molecule has 35 heavy (non-hydrogen) atoms. The van der Waals surface area contributed by atoms with Gasteiger partial charge in [-0.15, -0.1) is 0 Å². The highest BCUT2D eigenvalue weighted by Gasteiger charge is 2.42. The highest BCUT2D eigenvalue weighted by Crippen LogP contribution is 2.37. The summed E-state index contributed by atoms with van der Waals surface area (Å²) in [5, 5.41) is 9.99. The maximum absolute atomic E-state index is 13.0. The van der Waals surface area contributed by atoms with Crippen LogP contribution in [0.3, 0.4) is 0 Å². The van der Waals surface area contributed by atoms with Gasteiger partial charge in [-0.3, -0.25) is 0 Å². The van der Waals surface area contributed by atoms with E-state index >= 15 is 0 Å². The number of benzene rings is 3. The molecule has 1 heterocycles. The summed E-state index contributed by atoms with van der Waals surface area (Å²) >= 11 is 6.30. The predicted octanol–water partition coefficient (Wildman–Crippen LogP) is 6.68. The van der Waals surface area contributed by atoms with Crippen LogP contribution in [0.25, 0.3) is 0 Å². The largest absolute Gasteiger partial charge is 0.493 e. The summed E-state index contributed by atoms with van der Waals surface area (Å²) < 4.78 is 36.1. The Morgan fingerprint density at radius 3 is 2.46 bits per heavy atom. The lowest BCUT2D eigenvalue weighted by molar-refractivity contribution is -0.157. The first kappa shape index (κ1) is 24.7. The molecule has 0 radical (unpaired) electrons. The number of carboxylic acids is 1. The Balaban J connectivity index is 1.25. The van der Waals surface area contributed by atoms with E-state index in [1.54, 1.807) is 24.3 Å². The summed E-state index contributed by atoms with van der Waals surface area (Å²) in [5.74, 6) is 1.43. The Kier molecular flexibility index (Phi) is 7.66. The lowest BCUT2D eigenvalue weighted by atomic mass is 9.89. The highest BCUT2D eigenvalue weighted by molar-refractivity contribution is 6.32. The van der Waals surface area contributed by atoms with E-state index in [1.165, 1.54) is 24.3 Å². The summed E-state index contributed by atoms with van der Waals surface area (Å²) in [7, 11) is 0. The summed E-state index contributed by atoms with van der Waals surface area (Å²) in [4.78, 5) is 11.7. The van der Waals surface area contributed by atoms with Gasteiger partial charge < -0.3 is 24.1 Å². The van der Waals surface area contributed by atoms with Crippen LogP contribution in [0.2, 0.25) is 5.02 Å².